The van der Waals surface area contributed by atoms with Crippen molar-refractivity contribution in [1.29, 1.82) is 0 Å². The van der Waals surface area contributed by atoms with E-state index in [1.165, 1.54) is 4.90 Å². The summed E-state index contributed by atoms with van der Waals surface area (Å²) in [4.78, 5) is 12.9. The summed E-state index contributed by atoms with van der Waals surface area (Å²) < 4.78 is 4.93. The first-order chi connectivity index (χ1) is 7.70. The zero-order valence-corrected chi connectivity index (χ0v) is 9.35. The first kappa shape index (κ1) is 11.2. The van der Waals surface area contributed by atoms with Gasteiger partial charge in [0.1, 0.15) is 6.10 Å². The average Bonchev–Trinajstić information content (AvgIpc) is 2.63. The third-order valence-corrected chi connectivity index (χ3v) is 2.84. The van der Waals surface area contributed by atoms with E-state index >= 15 is 0 Å². The normalized spacial score (nSPS) is 20.0. The lowest BCUT2D eigenvalue weighted by molar-refractivity contribution is 0.0947. The zero-order chi connectivity index (χ0) is 11.5. The van der Waals surface area contributed by atoms with E-state index in [9.17, 15) is 4.79 Å². The number of ether oxygens (including phenoxy) is 1. The van der Waals surface area contributed by atoms with Crippen LogP contribution in [0.2, 0.25) is 5.02 Å². The number of rotatable bonds is 3. The fourth-order valence-corrected chi connectivity index (χ4v) is 1.83. The van der Waals surface area contributed by atoms with Gasteiger partial charge >= 0.3 is 6.09 Å². The fraction of sp³-hybridized carbons (Fsp3) is 0.364. The molecule has 1 fully saturated rings. The van der Waals surface area contributed by atoms with Gasteiger partial charge in [-0.2, -0.15) is 0 Å². The van der Waals surface area contributed by atoms with E-state index in [0.717, 1.165) is 5.56 Å². The molecule has 0 bridgehead atoms. The molecule has 0 aromatic heterocycles. The number of aliphatic hydroxyl groups is 1. The second kappa shape index (κ2) is 4.72. The van der Waals surface area contributed by atoms with Gasteiger partial charge in [0, 0.05) is 5.02 Å². The highest BCUT2D eigenvalue weighted by Gasteiger charge is 2.30. The first-order valence-corrected chi connectivity index (χ1v) is 5.38. The lowest BCUT2D eigenvalue weighted by Gasteiger charge is -2.13. The highest BCUT2D eigenvalue weighted by molar-refractivity contribution is 6.31. The van der Waals surface area contributed by atoms with Crippen LogP contribution in [0.15, 0.2) is 24.3 Å². The minimum Gasteiger partial charge on any atom is -0.442 e. The van der Waals surface area contributed by atoms with Gasteiger partial charge in [0.2, 0.25) is 0 Å². The lowest BCUT2D eigenvalue weighted by Crippen LogP contribution is -2.25. The molecule has 0 aliphatic carbocycles. The Morgan fingerprint density at radius 1 is 1.50 bits per heavy atom. The molecule has 0 spiro atoms. The van der Waals surface area contributed by atoms with E-state index in [0.29, 0.717) is 18.1 Å². The Hall–Kier alpha value is -1.26. The van der Waals surface area contributed by atoms with Crippen molar-refractivity contribution in [2.45, 2.75) is 12.6 Å². The Labute approximate surface area is 98.4 Å². The Bertz CT molecular complexity index is 397. The second-order valence-corrected chi connectivity index (χ2v) is 4.07. The van der Waals surface area contributed by atoms with Crippen molar-refractivity contribution in [1.82, 2.24) is 4.90 Å². The number of carbonyl (C=O) groups excluding carboxylic acids is 1. The van der Waals surface area contributed by atoms with Crippen LogP contribution in [0, 0.1) is 0 Å². The van der Waals surface area contributed by atoms with E-state index < -0.39 is 12.2 Å². The third-order valence-electron chi connectivity index (χ3n) is 2.47. The highest BCUT2D eigenvalue weighted by Crippen LogP contribution is 2.20. The molecule has 1 aromatic carbocycles. The van der Waals surface area contributed by atoms with Crippen molar-refractivity contribution < 1.29 is 14.6 Å². The van der Waals surface area contributed by atoms with Crippen molar-refractivity contribution in [2.75, 3.05) is 13.2 Å². The van der Waals surface area contributed by atoms with Crippen molar-refractivity contribution in [3.8, 4) is 0 Å². The summed E-state index contributed by atoms with van der Waals surface area (Å²) in [6.07, 6.45) is -0.825. The van der Waals surface area contributed by atoms with Crippen LogP contribution in [0.1, 0.15) is 5.56 Å². The zero-order valence-electron chi connectivity index (χ0n) is 8.60. The van der Waals surface area contributed by atoms with Crippen molar-refractivity contribution in [3.63, 3.8) is 0 Å². The molecule has 1 heterocycles. The molecule has 0 radical (unpaired) electrons. The molecular formula is C11H12ClNO3. The van der Waals surface area contributed by atoms with Crippen LogP contribution in [0.5, 0.6) is 0 Å². The number of aliphatic hydroxyl groups excluding tert-OH is 1. The van der Waals surface area contributed by atoms with Crippen molar-refractivity contribution >= 4 is 17.7 Å². The van der Waals surface area contributed by atoms with Crippen LogP contribution >= 0.6 is 11.6 Å². The Balaban J connectivity index is 2.06. The molecule has 86 valence electrons. The number of amides is 1. The molecule has 1 aliphatic rings. The maximum absolute atomic E-state index is 11.4. The van der Waals surface area contributed by atoms with Crippen LogP contribution in [0.4, 0.5) is 4.79 Å². The number of carbonyl (C=O) groups is 1. The first-order valence-electron chi connectivity index (χ1n) is 5.00. The van der Waals surface area contributed by atoms with E-state index in [2.05, 4.69) is 0 Å². The van der Waals surface area contributed by atoms with E-state index in [1.807, 2.05) is 18.2 Å². The van der Waals surface area contributed by atoms with Crippen molar-refractivity contribution in [2.24, 2.45) is 0 Å². The number of halogens is 1. The SMILES string of the molecule is O=C1O[C@@H](CO)CN1Cc1ccccc1Cl. The largest absolute Gasteiger partial charge is 0.442 e. The molecule has 16 heavy (non-hydrogen) atoms. The topological polar surface area (TPSA) is 49.8 Å². The summed E-state index contributed by atoms with van der Waals surface area (Å²) in [5.74, 6) is 0. The number of hydrogen-bond donors (Lipinski definition) is 1. The summed E-state index contributed by atoms with van der Waals surface area (Å²) in [5, 5.41) is 9.52. The standard InChI is InChI=1S/C11H12ClNO3/c12-10-4-2-1-3-8(10)5-13-6-9(7-14)16-11(13)15/h1-4,9,14H,5-7H2/t9-/m1/s1. The van der Waals surface area contributed by atoms with Gasteiger partial charge in [-0.1, -0.05) is 29.8 Å². The highest BCUT2D eigenvalue weighted by atomic mass is 35.5. The minimum atomic E-state index is -0.421. The number of cyclic esters (lactones) is 1. The predicted octanol–water partition coefficient (Wildman–Crippen LogP) is 1.65. The van der Waals surface area contributed by atoms with E-state index in [4.69, 9.17) is 21.4 Å². The Morgan fingerprint density at radius 3 is 2.88 bits per heavy atom. The summed E-state index contributed by atoms with van der Waals surface area (Å²) in [6.45, 7) is 0.667. The van der Waals surface area contributed by atoms with Gasteiger partial charge in [-0.3, -0.25) is 0 Å². The number of nitrogens with zero attached hydrogens (tertiary/aromatic N) is 1. The molecule has 0 saturated carbocycles. The lowest BCUT2D eigenvalue weighted by atomic mass is 10.2. The smallest absolute Gasteiger partial charge is 0.410 e. The van der Waals surface area contributed by atoms with Crippen LogP contribution in [-0.2, 0) is 11.3 Å². The summed E-state index contributed by atoms with van der Waals surface area (Å²) in [7, 11) is 0. The number of hydrogen-bond acceptors (Lipinski definition) is 3. The van der Waals surface area contributed by atoms with Crippen molar-refractivity contribution in [3.05, 3.63) is 34.9 Å². The van der Waals surface area contributed by atoms with Crippen LogP contribution in [0.25, 0.3) is 0 Å². The maximum Gasteiger partial charge on any atom is 0.410 e. The third kappa shape index (κ3) is 2.28. The van der Waals surface area contributed by atoms with Gasteiger partial charge < -0.3 is 14.7 Å². The monoisotopic (exact) mass is 241 g/mol. The summed E-state index contributed by atoms with van der Waals surface area (Å²) in [6, 6.07) is 7.35. The molecule has 1 saturated heterocycles. The molecule has 1 aliphatic heterocycles. The average molecular weight is 242 g/mol. The Morgan fingerprint density at radius 2 is 2.25 bits per heavy atom. The molecule has 0 unspecified atom stereocenters. The van der Waals surface area contributed by atoms with Crippen LogP contribution in [0.3, 0.4) is 0 Å². The van der Waals surface area contributed by atoms with Gasteiger partial charge in [-0.05, 0) is 11.6 Å². The molecule has 1 amide bonds. The van der Waals surface area contributed by atoms with E-state index in [1.54, 1.807) is 6.07 Å². The van der Waals surface area contributed by atoms with E-state index in [-0.39, 0.29) is 6.61 Å². The Kier molecular flexibility index (Phi) is 3.31. The molecule has 4 nitrogen and oxygen atoms in total. The molecule has 5 heteroatoms. The fourth-order valence-electron chi connectivity index (χ4n) is 1.63. The molecule has 2 rings (SSSR count). The number of benzene rings is 1. The van der Waals surface area contributed by atoms with Crippen LogP contribution in [-0.4, -0.2) is 35.4 Å². The molecule has 1 aromatic rings. The molecule has 1 atom stereocenters. The summed E-state index contributed by atoms with van der Waals surface area (Å²) >= 11 is 5.99. The molecular weight excluding hydrogens is 230 g/mol. The predicted molar refractivity (Wildman–Crippen MR) is 59.2 cm³/mol. The molecule has 1 N–H and O–H groups in total. The second-order valence-electron chi connectivity index (χ2n) is 3.66. The van der Waals surface area contributed by atoms with Gasteiger partial charge in [-0.25, -0.2) is 4.79 Å². The maximum atomic E-state index is 11.4. The summed E-state index contributed by atoms with van der Waals surface area (Å²) in [5.41, 5.74) is 0.875. The minimum absolute atomic E-state index is 0.148. The van der Waals surface area contributed by atoms with Gasteiger partial charge in [-0.15, -0.1) is 0 Å². The quantitative estimate of drug-likeness (QED) is 0.876. The van der Waals surface area contributed by atoms with Gasteiger partial charge in [0.25, 0.3) is 0 Å². The van der Waals surface area contributed by atoms with Crippen LogP contribution < -0.4 is 0 Å². The van der Waals surface area contributed by atoms with Gasteiger partial charge in [0.05, 0.1) is 19.7 Å². The van der Waals surface area contributed by atoms with Gasteiger partial charge in [0.15, 0.2) is 0 Å².